The van der Waals surface area contributed by atoms with Crippen molar-refractivity contribution < 1.29 is 8.42 Å². The molecule has 0 fully saturated rings. The van der Waals surface area contributed by atoms with Gasteiger partial charge in [-0.05, 0) is 46.5 Å². The van der Waals surface area contributed by atoms with E-state index in [-0.39, 0.29) is 10.9 Å². The predicted molar refractivity (Wildman–Crippen MR) is 115 cm³/mol. The Balaban J connectivity index is 1.55. The van der Waals surface area contributed by atoms with E-state index in [9.17, 15) is 8.42 Å². The standard InChI is InChI=1S/C24H21NO2S/c1-18(19-11-13-22(14-12-19)20-7-3-2-4-8-20)25-28(26,27)24-16-15-21-9-5-6-10-23(21)17-24/h2-18,25H,1H3/t18-/m0/s1. The van der Waals surface area contributed by atoms with Crippen LogP contribution < -0.4 is 4.72 Å². The molecule has 0 aliphatic heterocycles. The molecule has 0 aliphatic rings. The Morgan fingerprint density at radius 3 is 2.00 bits per heavy atom. The first-order valence-electron chi connectivity index (χ1n) is 9.19. The van der Waals surface area contributed by atoms with E-state index in [4.69, 9.17) is 0 Å². The quantitative estimate of drug-likeness (QED) is 0.488. The van der Waals surface area contributed by atoms with Gasteiger partial charge in [0.05, 0.1) is 4.90 Å². The van der Waals surface area contributed by atoms with Crippen molar-refractivity contribution in [1.29, 1.82) is 0 Å². The fourth-order valence-electron chi connectivity index (χ4n) is 3.30. The molecule has 4 heteroatoms. The lowest BCUT2D eigenvalue weighted by Crippen LogP contribution is -2.26. The molecule has 1 atom stereocenters. The zero-order chi connectivity index (χ0) is 19.6. The highest BCUT2D eigenvalue weighted by Gasteiger charge is 2.18. The van der Waals surface area contributed by atoms with Crippen molar-refractivity contribution in [3.63, 3.8) is 0 Å². The summed E-state index contributed by atoms with van der Waals surface area (Å²) in [5, 5.41) is 1.93. The Bertz CT molecular complexity index is 1200. The second kappa shape index (κ2) is 7.58. The smallest absolute Gasteiger partial charge is 0.207 e. The Morgan fingerprint density at radius 1 is 0.679 bits per heavy atom. The largest absolute Gasteiger partial charge is 0.241 e. The third-order valence-corrected chi connectivity index (χ3v) is 6.42. The molecule has 0 radical (unpaired) electrons. The van der Waals surface area contributed by atoms with Crippen LogP contribution in [0.1, 0.15) is 18.5 Å². The number of hydrogen-bond donors (Lipinski definition) is 1. The Kier molecular flexibility index (Phi) is 4.99. The third kappa shape index (κ3) is 3.84. The molecule has 4 rings (SSSR count). The predicted octanol–water partition coefficient (Wildman–Crippen LogP) is 5.55. The van der Waals surface area contributed by atoms with E-state index in [0.717, 1.165) is 27.5 Å². The minimum atomic E-state index is -3.61. The van der Waals surface area contributed by atoms with Gasteiger partial charge in [-0.3, -0.25) is 0 Å². The maximum absolute atomic E-state index is 12.8. The van der Waals surface area contributed by atoms with Crippen molar-refractivity contribution in [2.75, 3.05) is 0 Å². The van der Waals surface area contributed by atoms with Gasteiger partial charge in [-0.25, -0.2) is 13.1 Å². The summed E-state index contributed by atoms with van der Waals surface area (Å²) in [6.45, 7) is 1.86. The molecule has 140 valence electrons. The van der Waals surface area contributed by atoms with Crippen molar-refractivity contribution in [2.45, 2.75) is 17.9 Å². The van der Waals surface area contributed by atoms with E-state index in [0.29, 0.717) is 0 Å². The highest BCUT2D eigenvalue weighted by atomic mass is 32.2. The number of hydrogen-bond acceptors (Lipinski definition) is 2. The molecule has 28 heavy (non-hydrogen) atoms. The van der Waals surface area contributed by atoms with E-state index in [1.807, 2.05) is 79.7 Å². The van der Waals surface area contributed by atoms with Gasteiger partial charge >= 0.3 is 0 Å². The molecule has 0 bridgehead atoms. The fourth-order valence-corrected chi connectivity index (χ4v) is 4.57. The number of rotatable bonds is 5. The van der Waals surface area contributed by atoms with Crippen molar-refractivity contribution in [2.24, 2.45) is 0 Å². The zero-order valence-corrected chi connectivity index (χ0v) is 16.4. The fraction of sp³-hybridized carbons (Fsp3) is 0.0833. The van der Waals surface area contributed by atoms with Crippen molar-refractivity contribution in [3.8, 4) is 11.1 Å². The number of nitrogens with one attached hydrogen (secondary N) is 1. The second-order valence-electron chi connectivity index (χ2n) is 6.84. The lowest BCUT2D eigenvalue weighted by atomic mass is 10.0. The molecule has 0 aliphatic carbocycles. The highest BCUT2D eigenvalue weighted by molar-refractivity contribution is 7.89. The average molecular weight is 388 g/mol. The lowest BCUT2D eigenvalue weighted by molar-refractivity contribution is 0.567. The SMILES string of the molecule is C[C@H](NS(=O)(=O)c1ccc2ccccc2c1)c1ccc(-c2ccccc2)cc1. The normalized spacial score (nSPS) is 12.8. The number of sulfonamides is 1. The first kappa shape index (κ1) is 18.4. The summed E-state index contributed by atoms with van der Waals surface area (Å²) in [5.74, 6) is 0. The molecule has 0 saturated carbocycles. The van der Waals surface area contributed by atoms with Crippen LogP contribution in [0.5, 0.6) is 0 Å². The molecule has 0 unspecified atom stereocenters. The zero-order valence-electron chi connectivity index (χ0n) is 15.5. The third-order valence-electron chi connectivity index (χ3n) is 4.88. The van der Waals surface area contributed by atoms with Crippen LogP contribution in [0.15, 0.2) is 102 Å². The summed E-state index contributed by atoms with van der Waals surface area (Å²) in [4.78, 5) is 0.277. The maximum atomic E-state index is 12.8. The van der Waals surface area contributed by atoms with Gasteiger partial charge in [-0.15, -0.1) is 0 Å². The van der Waals surface area contributed by atoms with Gasteiger partial charge in [-0.1, -0.05) is 84.9 Å². The van der Waals surface area contributed by atoms with Crippen LogP contribution in [0.2, 0.25) is 0 Å². The molecule has 0 heterocycles. The van der Waals surface area contributed by atoms with E-state index < -0.39 is 10.0 Å². The summed E-state index contributed by atoms with van der Waals surface area (Å²) >= 11 is 0. The summed E-state index contributed by atoms with van der Waals surface area (Å²) in [7, 11) is -3.61. The molecule has 4 aromatic carbocycles. The van der Waals surface area contributed by atoms with Gasteiger partial charge in [0, 0.05) is 6.04 Å². The highest BCUT2D eigenvalue weighted by Crippen LogP contribution is 2.24. The molecular weight excluding hydrogens is 366 g/mol. The van der Waals surface area contributed by atoms with Crippen molar-refractivity contribution in [1.82, 2.24) is 4.72 Å². The summed E-state index contributed by atoms with van der Waals surface area (Å²) in [5.41, 5.74) is 3.16. The van der Waals surface area contributed by atoms with Gasteiger partial charge in [0.25, 0.3) is 0 Å². The molecule has 3 nitrogen and oxygen atoms in total. The van der Waals surface area contributed by atoms with Crippen LogP contribution in [0, 0.1) is 0 Å². The average Bonchev–Trinajstić information content (AvgIpc) is 2.74. The number of benzene rings is 4. The van der Waals surface area contributed by atoms with Crippen LogP contribution in [-0.2, 0) is 10.0 Å². The lowest BCUT2D eigenvalue weighted by Gasteiger charge is -2.15. The van der Waals surface area contributed by atoms with Crippen LogP contribution in [0.25, 0.3) is 21.9 Å². The summed E-state index contributed by atoms with van der Waals surface area (Å²) in [6, 6.07) is 30.7. The maximum Gasteiger partial charge on any atom is 0.241 e. The molecule has 0 amide bonds. The first-order chi connectivity index (χ1) is 13.5. The minimum Gasteiger partial charge on any atom is -0.207 e. The summed E-state index contributed by atoms with van der Waals surface area (Å²) in [6.07, 6.45) is 0. The van der Waals surface area contributed by atoms with Gasteiger partial charge < -0.3 is 0 Å². The van der Waals surface area contributed by atoms with E-state index in [1.54, 1.807) is 12.1 Å². The molecule has 0 spiro atoms. The molecule has 0 saturated heterocycles. The molecule has 4 aromatic rings. The molecule has 1 N–H and O–H groups in total. The van der Waals surface area contributed by atoms with Crippen molar-refractivity contribution >= 4 is 20.8 Å². The minimum absolute atomic E-state index is 0.277. The van der Waals surface area contributed by atoms with Crippen LogP contribution in [0.4, 0.5) is 0 Å². The monoisotopic (exact) mass is 387 g/mol. The van der Waals surface area contributed by atoms with E-state index in [1.165, 1.54) is 0 Å². The summed E-state index contributed by atoms with van der Waals surface area (Å²) < 4.78 is 28.5. The first-order valence-corrected chi connectivity index (χ1v) is 10.7. The van der Waals surface area contributed by atoms with E-state index in [2.05, 4.69) is 16.9 Å². The van der Waals surface area contributed by atoms with Gasteiger partial charge in [0.2, 0.25) is 10.0 Å². The van der Waals surface area contributed by atoms with Gasteiger partial charge in [0.1, 0.15) is 0 Å². The Labute approximate surface area is 165 Å². The van der Waals surface area contributed by atoms with Crippen LogP contribution >= 0.6 is 0 Å². The van der Waals surface area contributed by atoms with Crippen molar-refractivity contribution in [3.05, 3.63) is 103 Å². The van der Waals surface area contributed by atoms with Crippen LogP contribution in [0.3, 0.4) is 0 Å². The molecule has 0 aromatic heterocycles. The topological polar surface area (TPSA) is 46.2 Å². The van der Waals surface area contributed by atoms with Gasteiger partial charge in [0.15, 0.2) is 0 Å². The Morgan fingerprint density at radius 2 is 1.29 bits per heavy atom. The number of fused-ring (bicyclic) bond motifs is 1. The Hall–Kier alpha value is -2.95. The van der Waals surface area contributed by atoms with Gasteiger partial charge in [-0.2, -0.15) is 0 Å². The van der Waals surface area contributed by atoms with E-state index >= 15 is 0 Å². The van der Waals surface area contributed by atoms with Crippen LogP contribution in [-0.4, -0.2) is 8.42 Å². The second-order valence-corrected chi connectivity index (χ2v) is 8.55. The molecular formula is C24H21NO2S.